The highest BCUT2D eigenvalue weighted by molar-refractivity contribution is 5.94. The first-order chi connectivity index (χ1) is 12.2. The lowest BCUT2D eigenvalue weighted by molar-refractivity contribution is 0.0520. The molecule has 25 heavy (non-hydrogen) atoms. The second kappa shape index (κ2) is 6.51. The van der Waals surface area contributed by atoms with Crippen molar-refractivity contribution in [2.45, 2.75) is 25.9 Å². The molecule has 0 aromatic carbocycles. The largest absolute Gasteiger partial charge is 0.472 e. The molecule has 0 aliphatic carbocycles. The number of hydrogen-bond donors (Lipinski definition) is 0. The number of likely N-dealkylation sites (tertiary alicyclic amines) is 1. The number of ether oxygens (including phenoxy) is 1. The lowest BCUT2D eigenvalue weighted by atomic mass is 10.1. The van der Waals surface area contributed by atoms with E-state index in [4.69, 9.17) is 4.74 Å². The van der Waals surface area contributed by atoms with Crippen molar-refractivity contribution in [3.8, 4) is 5.88 Å². The normalized spacial score (nSPS) is 17.6. The summed E-state index contributed by atoms with van der Waals surface area (Å²) in [5.74, 6) is 0.535. The van der Waals surface area contributed by atoms with Crippen molar-refractivity contribution < 1.29 is 9.53 Å². The van der Waals surface area contributed by atoms with Crippen molar-refractivity contribution in [2.75, 3.05) is 13.1 Å². The van der Waals surface area contributed by atoms with Crippen LogP contribution in [0.1, 0.15) is 29.0 Å². The Kier molecular flexibility index (Phi) is 4.05. The molecule has 0 radical (unpaired) electrons. The van der Waals surface area contributed by atoms with Gasteiger partial charge in [0.05, 0.1) is 12.2 Å². The van der Waals surface area contributed by atoms with Crippen molar-refractivity contribution >= 4 is 11.6 Å². The third kappa shape index (κ3) is 3.05. The maximum absolute atomic E-state index is 13.1. The number of piperidine rings is 1. The Morgan fingerprint density at radius 3 is 3.08 bits per heavy atom. The molecule has 0 bridgehead atoms. The van der Waals surface area contributed by atoms with E-state index in [2.05, 4.69) is 15.0 Å². The summed E-state index contributed by atoms with van der Waals surface area (Å²) in [6.07, 6.45) is 6.73. The van der Waals surface area contributed by atoms with E-state index in [1.54, 1.807) is 12.3 Å². The summed E-state index contributed by atoms with van der Waals surface area (Å²) in [6, 6.07) is 7.46. The van der Waals surface area contributed by atoms with Crippen LogP contribution in [0.2, 0.25) is 0 Å². The summed E-state index contributed by atoms with van der Waals surface area (Å²) in [5.41, 5.74) is 2.16. The van der Waals surface area contributed by atoms with E-state index >= 15 is 0 Å². The molecule has 0 spiro atoms. The molecule has 4 rings (SSSR count). The molecule has 0 unspecified atom stereocenters. The minimum absolute atomic E-state index is 0.00723. The number of aromatic nitrogens is 4. The Morgan fingerprint density at radius 2 is 2.24 bits per heavy atom. The van der Waals surface area contributed by atoms with E-state index in [0.717, 1.165) is 30.7 Å². The van der Waals surface area contributed by atoms with E-state index in [-0.39, 0.29) is 12.0 Å². The molecule has 1 aliphatic rings. The van der Waals surface area contributed by atoms with Crippen LogP contribution in [-0.2, 0) is 0 Å². The number of amides is 1. The van der Waals surface area contributed by atoms with Gasteiger partial charge in [-0.3, -0.25) is 9.20 Å². The molecule has 7 nitrogen and oxygen atoms in total. The van der Waals surface area contributed by atoms with E-state index in [1.165, 1.54) is 6.33 Å². The number of hydrogen-bond acceptors (Lipinski definition) is 5. The number of carbonyl (C=O) groups is 1. The van der Waals surface area contributed by atoms with Crippen LogP contribution in [0, 0.1) is 6.92 Å². The van der Waals surface area contributed by atoms with E-state index in [0.29, 0.717) is 18.1 Å². The summed E-state index contributed by atoms with van der Waals surface area (Å²) in [6.45, 7) is 3.14. The average molecular weight is 337 g/mol. The van der Waals surface area contributed by atoms with Gasteiger partial charge >= 0.3 is 0 Å². The Bertz CT molecular complexity index is 893. The van der Waals surface area contributed by atoms with Crippen LogP contribution in [0.5, 0.6) is 5.88 Å². The van der Waals surface area contributed by atoms with Gasteiger partial charge in [0.15, 0.2) is 0 Å². The number of rotatable bonds is 3. The van der Waals surface area contributed by atoms with Crippen LogP contribution in [-0.4, -0.2) is 49.4 Å². The van der Waals surface area contributed by atoms with Gasteiger partial charge in [0.25, 0.3) is 5.91 Å². The number of imidazole rings is 1. The molecule has 1 saturated heterocycles. The van der Waals surface area contributed by atoms with Crippen molar-refractivity contribution in [3.05, 3.63) is 54.4 Å². The van der Waals surface area contributed by atoms with E-state index in [9.17, 15) is 4.79 Å². The van der Waals surface area contributed by atoms with E-state index < -0.39 is 0 Å². The molecule has 0 N–H and O–H groups in total. The van der Waals surface area contributed by atoms with Crippen LogP contribution >= 0.6 is 0 Å². The zero-order valence-electron chi connectivity index (χ0n) is 14.0. The summed E-state index contributed by atoms with van der Waals surface area (Å²) < 4.78 is 7.76. The molecule has 3 aromatic rings. The van der Waals surface area contributed by atoms with Crippen molar-refractivity contribution in [3.63, 3.8) is 0 Å². The van der Waals surface area contributed by atoms with Crippen LogP contribution < -0.4 is 4.74 Å². The van der Waals surface area contributed by atoms with Gasteiger partial charge in [-0.25, -0.2) is 15.0 Å². The van der Waals surface area contributed by atoms with Gasteiger partial charge in [-0.1, -0.05) is 6.07 Å². The molecule has 1 fully saturated rings. The Morgan fingerprint density at radius 1 is 1.32 bits per heavy atom. The Balaban J connectivity index is 1.54. The predicted molar refractivity (Wildman–Crippen MR) is 91.5 cm³/mol. The standard InChI is InChI=1S/C18H19N5O2/c1-13-17(23-10-3-2-6-15(23)21-13)18(24)22-9-4-5-14(11-22)25-16-7-8-19-12-20-16/h2-3,6-8,10,12,14H,4-5,9,11H2,1H3/t14-/m1/s1. The van der Waals surface area contributed by atoms with Gasteiger partial charge in [-0.2, -0.15) is 0 Å². The highest BCUT2D eigenvalue weighted by Crippen LogP contribution is 2.20. The first kappa shape index (κ1) is 15.6. The average Bonchev–Trinajstić information content (AvgIpc) is 2.98. The molecule has 4 heterocycles. The fraction of sp³-hybridized carbons (Fsp3) is 0.333. The molecular formula is C18H19N5O2. The van der Waals surface area contributed by atoms with Gasteiger partial charge in [0.1, 0.15) is 23.8 Å². The number of nitrogens with zero attached hydrogens (tertiary/aromatic N) is 5. The van der Waals surface area contributed by atoms with Gasteiger partial charge < -0.3 is 9.64 Å². The van der Waals surface area contributed by atoms with Crippen LogP contribution in [0.4, 0.5) is 0 Å². The fourth-order valence-electron chi connectivity index (χ4n) is 3.26. The van der Waals surface area contributed by atoms with Crippen LogP contribution in [0.25, 0.3) is 5.65 Å². The Hall–Kier alpha value is -2.96. The molecule has 3 aromatic heterocycles. The van der Waals surface area contributed by atoms with Crippen molar-refractivity contribution in [1.29, 1.82) is 0 Å². The molecular weight excluding hydrogens is 318 g/mol. The van der Waals surface area contributed by atoms with Gasteiger partial charge in [-0.15, -0.1) is 0 Å². The first-order valence-electron chi connectivity index (χ1n) is 8.38. The lowest BCUT2D eigenvalue weighted by Crippen LogP contribution is -2.45. The molecule has 1 atom stereocenters. The molecule has 1 amide bonds. The lowest BCUT2D eigenvalue weighted by Gasteiger charge is -2.32. The Labute approximate surface area is 145 Å². The molecule has 128 valence electrons. The maximum Gasteiger partial charge on any atom is 0.272 e. The third-order valence-electron chi connectivity index (χ3n) is 4.41. The predicted octanol–water partition coefficient (Wildman–Crippen LogP) is 2.12. The second-order valence-electron chi connectivity index (χ2n) is 6.16. The van der Waals surface area contributed by atoms with Crippen LogP contribution in [0.15, 0.2) is 43.0 Å². The zero-order chi connectivity index (χ0) is 17.2. The fourth-order valence-corrected chi connectivity index (χ4v) is 3.26. The topological polar surface area (TPSA) is 72.6 Å². The van der Waals surface area contributed by atoms with Crippen molar-refractivity contribution in [2.24, 2.45) is 0 Å². The quantitative estimate of drug-likeness (QED) is 0.732. The first-order valence-corrected chi connectivity index (χ1v) is 8.38. The molecule has 7 heteroatoms. The summed E-state index contributed by atoms with van der Waals surface area (Å²) in [5, 5.41) is 0. The monoisotopic (exact) mass is 337 g/mol. The SMILES string of the molecule is Cc1nc2ccccn2c1C(=O)N1CCC[C@@H](Oc2ccncn2)C1. The highest BCUT2D eigenvalue weighted by Gasteiger charge is 2.28. The van der Waals surface area contributed by atoms with Crippen LogP contribution in [0.3, 0.4) is 0 Å². The van der Waals surface area contributed by atoms with Gasteiger partial charge in [0, 0.05) is 25.0 Å². The zero-order valence-corrected chi connectivity index (χ0v) is 14.0. The van der Waals surface area contributed by atoms with Gasteiger partial charge in [-0.05, 0) is 31.9 Å². The maximum atomic E-state index is 13.1. The number of pyridine rings is 1. The number of aryl methyl sites for hydroxylation is 1. The molecule has 1 aliphatic heterocycles. The second-order valence-corrected chi connectivity index (χ2v) is 6.16. The van der Waals surface area contributed by atoms with Crippen molar-refractivity contribution in [1.82, 2.24) is 24.3 Å². The van der Waals surface area contributed by atoms with Gasteiger partial charge in [0.2, 0.25) is 5.88 Å². The summed E-state index contributed by atoms with van der Waals surface area (Å²) in [4.78, 5) is 27.4. The minimum atomic E-state index is -0.0629. The molecule has 0 saturated carbocycles. The number of fused-ring (bicyclic) bond motifs is 1. The minimum Gasteiger partial charge on any atom is -0.472 e. The smallest absolute Gasteiger partial charge is 0.272 e. The van der Waals surface area contributed by atoms with E-state index in [1.807, 2.05) is 40.6 Å². The number of carbonyl (C=O) groups excluding carboxylic acids is 1. The highest BCUT2D eigenvalue weighted by atomic mass is 16.5. The third-order valence-corrected chi connectivity index (χ3v) is 4.41. The summed E-state index contributed by atoms with van der Waals surface area (Å²) in [7, 11) is 0. The summed E-state index contributed by atoms with van der Waals surface area (Å²) >= 11 is 0.